The van der Waals surface area contributed by atoms with Crippen LogP contribution in [0.1, 0.15) is 18.5 Å². The van der Waals surface area contributed by atoms with Gasteiger partial charge in [-0.1, -0.05) is 0 Å². The number of phenols is 1. The molecule has 0 saturated heterocycles. The molecule has 1 aliphatic heterocycles. The molecule has 1 aliphatic rings. The van der Waals surface area contributed by atoms with Crippen LogP contribution in [0.3, 0.4) is 0 Å². The number of pyridine rings is 1. The number of hydrogen-bond acceptors (Lipinski definition) is 3. The van der Waals surface area contributed by atoms with Gasteiger partial charge in [0.25, 0.3) is 0 Å². The maximum absolute atomic E-state index is 9.88. The van der Waals surface area contributed by atoms with Crippen molar-refractivity contribution < 1.29 is 5.11 Å². The third-order valence-corrected chi connectivity index (χ3v) is 4.37. The number of aromatic hydroxyl groups is 1. The lowest BCUT2D eigenvalue weighted by atomic mass is 10.1. The Kier molecular flexibility index (Phi) is 2.57. The average Bonchev–Trinajstić information content (AvgIpc) is 3.07. The number of halogens is 1. The van der Waals surface area contributed by atoms with Crippen LogP contribution in [0.25, 0.3) is 21.8 Å². The fourth-order valence-corrected chi connectivity index (χ4v) is 3.13. The monoisotopic (exact) mass is 329 g/mol. The number of nitrogens with one attached hydrogen (secondary N) is 1. The van der Waals surface area contributed by atoms with Crippen molar-refractivity contribution in [2.45, 2.75) is 12.8 Å². The molecule has 3 aromatic rings. The summed E-state index contributed by atoms with van der Waals surface area (Å²) in [4.78, 5) is 12.4. The summed E-state index contributed by atoms with van der Waals surface area (Å²) in [6.07, 6.45) is 3.89. The van der Waals surface area contributed by atoms with Crippen LogP contribution in [0, 0.1) is 0 Å². The van der Waals surface area contributed by atoms with E-state index in [-0.39, 0.29) is 5.75 Å². The van der Waals surface area contributed by atoms with E-state index in [1.54, 1.807) is 6.07 Å². The maximum Gasteiger partial charge on any atom is 0.130 e. The molecule has 4 rings (SSSR count). The first-order valence-electron chi connectivity index (χ1n) is 6.56. The number of nitrogens with zero attached hydrogens (tertiary/aromatic N) is 2. The lowest BCUT2D eigenvalue weighted by molar-refractivity contribution is 0.473. The Morgan fingerprint density at radius 3 is 2.95 bits per heavy atom. The van der Waals surface area contributed by atoms with Crippen molar-refractivity contribution in [2.75, 3.05) is 6.54 Å². The Morgan fingerprint density at radius 2 is 2.15 bits per heavy atom. The number of phenolic OH excluding ortho intramolecular Hbond substituents is 1. The molecule has 0 bridgehead atoms. The minimum Gasteiger partial charge on any atom is -0.507 e. The minimum atomic E-state index is 0.245. The first-order chi connectivity index (χ1) is 9.74. The molecule has 4 nitrogen and oxygen atoms in total. The van der Waals surface area contributed by atoms with Gasteiger partial charge >= 0.3 is 0 Å². The van der Waals surface area contributed by atoms with Crippen LogP contribution in [0.15, 0.2) is 33.9 Å². The fraction of sp³-hybridized carbons (Fsp3) is 0.200. The number of aromatic nitrogens is 2. The summed E-state index contributed by atoms with van der Waals surface area (Å²) in [6.45, 7) is 0.889. The molecule has 2 N–H and O–H groups in total. The molecular weight excluding hydrogens is 318 g/mol. The van der Waals surface area contributed by atoms with Gasteiger partial charge in [-0.3, -0.25) is 9.98 Å². The highest BCUT2D eigenvalue weighted by Gasteiger charge is 2.16. The smallest absolute Gasteiger partial charge is 0.130 e. The van der Waals surface area contributed by atoms with Gasteiger partial charge in [-0.15, -0.1) is 0 Å². The highest BCUT2D eigenvalue weighted by atomic mass is 79.9. The van der Waals surface area contributed by atoms with Gasteiger partial charge in [0.05, 0.1) is 15.7 Å². The van der Waals surface area contributed by atoms with Gasteiger partial charge in [0.1, 0.15) is 11.4 Å². The summed E-state index contributed by atoms with van der Waals surface area (Å²) in [6, 6.07) is 5.64. The number of aliphatic imine (C=N–C) groups is 1. The number of benzene rings is 1. The van der Waals surface area contributed by atoms with Gasteiger partial charge in [0.15, 0.2) is 0 Å². The third-order valence-electron chi connectivity index (χ3n) is 3.74. The zero-order valence-electron chi connectivity index (χ0n) is 10.7. The molecule has 0 fully saturated rings. The lowest BCUT2D eigenvalue weighted by Gasteiger charge is -2.01. The molecule has 2 aromatic heterocycles. The Balaban J connectivity index is 2.08. The molecule has 0 saturated carbocycles. The van der Waals surface area contributed by atoms with E-state index in [2.05, 4.69) is 30.9 Å². The summed E-state index contributed by atoms with van der Waals surface area (Å²) < 4.78 is 0.685. The SMILES string of the molecule is Oc1cc2c(cc1Br)[nH]c1c(C3=NCCC3)nccc12. The molecule has 0 amide bonds. The summed E-state index contributed by atoms with van der Waals surface area (Å²) >= 11 is 3.35. The second kappa shape index (κ2) is 4.31. The lowest BCUT2D eigenvalue weighted by Crippen LogP contribution is -2.00. The number of aromatic amines is 1. The van der Waals surface area contributed by atoms with Crippen molar-refractivity contribution >= 4 is 43.4 Å². The molecule has 0 atom stereocenters. The maximum atomic E-state index is 9.88. The quantitative estimate of drug-likeness (QED) is 0.713. The van der Waals surface area contributed by atoms with Gasteiger partial charge < -0.3 is 10.1 Å². The molecule has 0 spiro atoms. The molecule has 0 aliphatic carbocycles. The Hall–Kier alpha value is -1.88. The summed E-state index contributed by atoms with van der Waals surface area (Å²) in [5.41, 5.74) is 4.00. The largest absolute Gasteiger partial charge is 0.507 e. The van der Waals surface area contributed by atoms with Crippen LogP contribution in [-0.4, -0.2) is 27.3 Å². The third kappa shape index (κ3) is 1.66. The zero-order valence-corrected chi connectivity index (χ0v) is 12.2. The van der Waals surface area contributed by atoms with E-state index in [9.17, 15) is 5.11 Å². The Morgan fingerprint density at radius 1 is 1.25 bits per heavy atom. The summed E-state index contributed by atoms with van der Waals surface area (Å²) in [7, 11) is 0. The van der Waals surface area contributed by atoms with E-state index < -0.39 is 0 Å². The molecule has 3 heterocycles. The van der Waals surface area contributed by atoms with Crippen molar-refractivity contribution in [1.82, 2.24) is 9.97 Å². The minimum absolute atomic E-state index is 0.245. The second-order valence-electron chi connectivity index (χ2n) is 4.99. The van der Waals surface area contributed by atoms with E-state index in [1.165, 1.54) is 0 Å². The molecule has 0 unspecified atom stereocenters. The standard InChI is InChI=1S/C15H12BrN3O/c16-10-7-12-9(6-13(10)20)8-3-5-18-15(14(8)19-12)11-2-1-4-17-11/h3,5-7,19-20H,1-2,4H2. The van der Waals surface area contributed by atoms with Crippen LogP contribution >= 0.6 is 15.9 Å². The van der Waals surface area contributed by atoms with Crippen molar-refractivity contribution in [3.8, 4) is 5.75 Å². The van der Waals surface area contributed by atoms with Crippen LogP contribution in [-0.2, 0) is 0 Å². The van der Waals surface area contributed by atoms with Crippen LogP contribution < -0.4 is 0 Å². The molecule has 5 heteroatoms. The highest BCUT2D eigenvalue weighted by Crippen LogP contribution is 2.34. The van der Waals surface area contributed by atoms with Crippen LogP contribution in [0.5, 0.6) is 5.75 Å². The van der Waals surface area contributed by atoms with Crippen molar-refractivity contribution in [3.63, 3.8) is 0 Å². The Labute approximate surface area is 123 Å². The number of hydrogen-bond donors (Lipinski definition) is 2. The number of rotatable bonds is 1. The fourth-order valence-electron chi connectivity index (χ4n) is 2.79. The van der Waals surface area contributed by atoms with Crippen molar-refractivity contribution in [3.05, 3.63) is 34.6 Å². The summed E-state index contributed by atoms with van der Waals surface area (Å²) in [5, 5.41) is 12.0. The van der Waals surface area contributed by atoms with E-state index in [4.69, 9.17) is 0 Å². The first-order valence-corrected chi connectivity index (χ1v) is 7.36. The number of fused-ring (bicyclic) bond motifs is 3. The summed E-state index contributed by atoms with van der Waals surface area (Å²) in [5.74, 6) is 0.245. The number of H-pyrrole nitrogens is 1. The van der Waals surface area contributed by atoms with Crippen LogP contribution in [0.4, 0.5) is 0 Å². The van der Waals surface area contributed by atoms with E-state index >= 15 is 0 Å². The zero-order chi connectivity index (χ0) is 13.7. The predicted octanol–water partition coefficient (Wildman–Crippen LogP) is 3.77. The highest BCUT2D eigenvalue weighted by molar-refractivity contribution is 9.10. The van der Waals surface area contributed by atoms with Gasteiger partial charge in [-0.05, 0) is 47.0 Å². The van der Waals surface area contributed by atoms with E-state index in [0.717, 1.165) is 52.6 Å². The van der Waals surface area contributed by atoms with Crippen molar-refractivity contribution in [2.24, 2.45) is 4.99 Å². The van der Waals surface area contributed by atoms with Gasteiger partial charge in [-0.25, -0.2) is 0 Å². The molecule has 0 radical (unpaired) electrons. The Bertz CT molecular complexity index is 866. The van der Waals surface area contributed by atoms with Crippen LogP contribution in [0.2, 0.25) is 0 Å². The van der Waals surface area contributed by atoms with Crippen molar-refractivity contribution in [1.29, 1.82) is 0 Å². The first kappa shape index (κ1) is 11.9. The van der Waals surface area contributed by atoms with Gasteiger partial charge in [0, 0.05) is 29.0 Å². The normalized spacial score (nSPS) is 15.2. The second-order valence-corrected chi connectivity index (χ2v) is 5.84. The van der Waals surface area contributed by atoms with E-state index in [0.29, 0.717) is 4.47 Å². The van der Waals surface area contributed by atoms with Gasteiger partial charge in [0.2, 0.25) is 0 Å². The predicted molar refractivity (Wildman–Crippen MR) is 83.6 cm³/mol. The topological polar surface area (TPSA) is 61.3 Å². The average molecular weight is 330 g/mol. The molecule has 1 aromatic carbocycles. The molecular formula is C15H12BrN3O. The molecule has 20 heavy (non-hydrogen) atoms. The van der Waals surface area contributed by atoms with Gasteiger partial charge in [-0.2, -0.15) is 0 Å². The molecule has 100 valence electrons. The van der Waals surface area contributed by atoms with E-state index in [1.807, 2.05) is 18.3 Å².